The Labute approximate surface area is 175 Å². The van der Waals surface area contributed by atoms with Gasteiger partial charge in [0.25, 0.3) is 10.0 Å². The topological polar surface area (TPSA) is 72.0 Å². The highest BCUT2D eigenvalue weighted by Crippen LogP contribution is 2.27. The van der Waals surface area contributed by atoms with Crippen LogP contribution in [0.3, 0.4) is 0 Å². The summed E-state index contributed by atoms with van der Waals surface area (Å²) in [6, 6.07) is 17.9. The number of nitrogens with zero attached hydrogens (tertiary/aromatic N) is 2. The van der Waals surface area contributed by atoms with Crippen LogP contribution in [0.15, 0.2) is 84.1 Å². The smallest absolute Gasteiger partial charge is 0.264 e. The minimum absolute atomic E-state index is 0.144. The molecular formula is C24H19N3O2S. The van der Waals surface area contributed by atoms with Crippen molar-refractivity contribution in [1.29, 1.82) is 0 Å². The quantitative estimate of drug-likeness (QED) is 0.504. The van der Waals surface area contributed by atoms with Gasteiger partial charge >= 0.3 is 0 Å². The molecule has 0 unspecified atom stereocenters. The summed E-state index contributed by atoms with van der Waals surface area (Å²) in [4.78, 5) is 8.53. The van der Waals surface area contributed by atoms with E-state index in [9.17, 15) is 8.42 Å². The molecule has 148 valence electrons. The maximum atomic E-state index is 13.2. The fourth-order valence-electron chi connectivity index (χ4n) is 3.19. The van der Waals surface area contributed by atoms with Gasteiger partial charge in [0.2, 0.25) is 0 Å². The molecule has 0 atom stereocenters. The van der Waals surface area contributed by atoms with Gasteiger partial charge in [-0.05, 0) is 48.4 Å². The summed E-state index contributed by atoms with van der Waals surface area (Å²) >= 11 is 0. The van der Waals surface area contributed by atoms with Crippen LogP contribution in [0.2, 0.25) is 0 Å². The molecule has 0 aliphatic heterocycles. The lowest BCUT2D eigenvalue weighted by Gasteiger charge is -2.13. The molecule has 0 fully saturated rings. The van der Waals surface area contributed by atoms with E-state index in [-0.39, 0.29) is 4.90 Å². The van der Waals surface area contributed by atoms with Crippen molar-refractivity contribution in [3.63, 3.8) is 0 Å². The number of rotatable bonds is 4. The summed E-state index contributed by atoms with van der Waals surface area (Å²) in [5.41, 5.74) is 3.26. The summed E-state index contributed by atoms with van der Waals surface area (Å²) in [6.45, 7) is 2.03. The summed E-state index contributed by atoms with van der Waals surface area (Å²) in [5.74, 6) is 6.04. The standard InChI is InChI=1S/C24H19N3O2S/c1-2-19-13-14-23(24-21(19)9-6-16-26-24)30(28,29)27-22-10-4-3-8-20(22)12-11-18-7-5-15-25-17-18/h3-10,13-17,27H,2H2,1H3. The molecule has 0 saturated carbocycles. The Balaban J connectivity index is 1.74. The molecule has 0 amide bonds. The summed E-state index contributed by atoms with van der Waals surface area (Å²) in [7, 11) is -3.86. The zero-order valence-electron chi connectivity index (χ0n) is 16.3. The van der Waals surface area contributed by atoms with Gasteiger partial charge in [0.15, 0.2) is 0 Å². The minimum Gasteiger partial charge on any atom is -0.278 e. The Kier molecular flexibility index (Phi) is 5.46. The number of aryl methyl sites for hydroxylation is 1. The van der Waals surface area contributed by atoms with Crippen LogP contribution in [0.25, 0.3) is 10.9 Å². The number of aromatic nitrogens is 2. The molecule has 4 aromatic rings. The van der Waals surface area contributed by atoms with E-state index in [2.05, 4.69) is 26.5 Å². The largest absolute Gasteiger partial charge is 0.278 e. The second-order valence-electron chi connectivity index (χ2n) is 6.62. The van der Waals surface area contributed by atoms with Gasteiger partial charge in [-0.1, -0.05) is 43.0 Å². The second-order valence-corrected chi connectivity index (χ2v) is 8.27. The van der Waals surface area contributed by atoms with Crippen molar-refractivity contribution in [2.45, 2.75) is 18.2 Å². The molecular weight excluding hydrogens is 394 g/mol. The Bertz CT molecular complexity index is 1370. The van der Waals surface area contributed by atoms with Crippen LogP contribution in [0.4, 0.5) is 5.69 Å². The van der Waals surface area contributed by atoms with E-state index in [4.69, 9.17) is 0 Å². The van der Waals surface area contributed by atoms with Crippen molar-refractivity contribution < 1.29 is 8.42 Å². The van der Waals surface area contributed by atoms with Gasteiger partial charge in [-0.2, -0.15) is 0 Å². The van der Waals surface area contributed by atoms with E-state index >= 15 is 0 Å². The molecule has 2 heterocycles. The minimum atomic E-state index is -3.86. The van der Waals surface area contributed by atoms with Crippen molar-refractivity contribution in [2.24, 2.45) is 0 Å². The second kappa shape index (κ2) is 8.36. The van der Waals surface area contributed by atoms with Crippen LogP contribution >= 0.6 is 0 Å². The number of sulfonamides is 1. The zero-order valence-corrected chi connectivity index (χ0v) is 17.1. The normalized spacial score (nSPS) is 11.0. The molecule has 0 saturated heterocycles. The Morgan fingerprint density at radius 1 is 0.933 bits per heavy atom. The van der Waals surface area contributed by atoms with Crippen LogP contribution < -0.4 is 4.72 Å². The highest BCUT2D eigenvalue weighted by atomic mass is 32.2. The highest BCUT2D eigenvalue weighted by Gasteiger charge is 2.20. The number of hydrogen-bond donors (Lipinski definition) is 1. The van der Waals surface area contributed by atoms with Crippen molar-refractivity contribution in [3.8, 4) is 11.8 Å². The fraction of sp³-hybridized carbons (Fsp3) is 0.0833. The number of fused-ring (bicyclic) bond motifs is 1. The van der Waals surface area contributed by atoms with Crippen molar-refractivity contribution >= 4 is 26.6 Å². The maximum absolute atomic E-state index is 13.2. The molecule has 2 aromatic carbocycles. The zero-order chi connectivity index (χ0) is 21.0. The first-order chi connectivity index (χ1) is 14.6. The molecule has 2 aromatic heterocycles. The third kappa shape index (κ3) is 4.02. The Hall–Kier alpha value is -3.69. The molecule has 0 aliphatic carbocycles. The first-order valence-corrected chi connectivity index (χ1v) is 11.0. The predicted octanol–water partition coefficient (Wildman–Crippen LogP) is 4.39. The van der Waals surface area contributed by atoms with E-state index < -0.39 is 10.0 Å². The van der Waals surface area contributed by atoms with Crippen molar-refractivity contribution in [3.05, 3.63) is 95.9 Å². The van der Waals surface area contributed by atoms with Gasteiger partial charge in [0.05, 0.1) is 11.2 Å². The molecule has 0 bridgehead atoms. The van der Waals surface area contributed by atoms with E-state index in [0.717, 1.165) is 22.9 Å². The van der Waals surface area contributed by atoms with Crippen LogP contribution in [-0.2, 0) is 16.4 Å². The Morgan fingerprint density at radius 2 is 1.77 bits per heavy atom. The summed E-state index contributed by atoms with van der Waals surface area (Å²) < 4.78 is 29.1. The summed E-state index contributed by atoms with van der Waals surface area (Å²) in [5, 5.41) is 0.840. The molecule has 30 heavy (non-hydrogen) atoms. The van der Waals surface area contributed by atoms with Crippen molar-refractivity contribution in [1.82, 2.24) is 9.97 Å². The van der Waals surface area contributed by atoms with Gasteiger partial charge < -0.3 is 0 Å². The van der Waals surface area contributed by atoms with Gasteiger partial charge in [0.1, 0.15) is 4.90 Å². The number of benzene rings is 2. The number of para-hydroxylation sites is 1. The molecule has 0 spiro atoms. The van der Waals surface area contributed by atoms with E-state index in [1.165, 1.54) is 0 Å². The molecule has 5 nitrogen and oxygen atoms in total. The lowest BCUT2D eigenvalue weighted by Crippen LogP contribution is -2.15. The average molecular weight is 414 g/mol. The fourth-order valence-corrected chi connectivity index (χ4v) is 4.43. The SMILES string of the molecule is CCc1ccc(S(=O)(=O)Nc2ccccc2C#Cc2cccnc2)c2ncccc12. The molecule has 4 rings (SSSR count). The van der Waals surface area contributed by atoms with Crippen LogP contribution in [0.1, 0.15) is 23.6 Å². The van der Waals surface area contributed by atoms with E-state index in [1.54, 1.807) is 48.9 Å². The summed E-state index contributed by atoms with van der Waals surface area (Å²) in [6.07, 6.45) is 5.74. The lowest BCUT2D eigenvalue weighted by molar-refractivity contribution is 0.602. The Morgan fingerprint density at radius 3 is 2.57 bits per heavy atom. The number of nitrogens with one attached hydrogen (secondary N) is 1. The highest BCUT2D eigenvalue weighted by molar-refractivity contribution is 7.93. The molecule has 0 aliphatic rings. The van der Waals surface area contributed by atoms with E-state index in [0.29, 0.717) is 16.8 Å². The maximum Gasteiger partial charge on any atom is 0.264 e. The van der Waals surface area contributed by atoms with Gasteiger partial charge in [-0.25, -0.2) is 8.42 Å². The van der Waals surface area contributed by atoms with Crippen molar-refractivity contribution in [2.75, 3.05) is 4.72 Å². The first-order valence-electron chi connectivity index (χ1n) is 9.49. The van der Waals surface area contributed by atoms with E-state index in [1.807, 2.05) is 37.3 Å². The first kappa shape index (κ1) is 19.6. The number of anilines is 1. The van der Waals surface area contributed by atoms with Crippen LogP contribution in [0.5, 0.6) is 0 Å². The van der Waals surface area contributed by atoms with Crippen LogP contribution in [-0.4, -0.2) is 18.4 Å². The molecule has 0 radical (unpaired) electrons. The monoisotopic (exact) mass is 413 g/mol. The molecule has 1 N–H and O–H groups in total. The average Bonchev–Trinajstić information content (AvgIpc) is 2.78. The van der Waals surface area contributed by atoms with Gasteiger partial charge in [-0.15, -0.1) is 0 Å². The number of hydrogen-bond acceptors (Lipinski definition) is 4. The predicted molar refractivity (Wildman–Crippen MR) is 119 cm³/mol. The van der Waals surface area contributed by atoms with Gasteiger partial charge in [-0.3, -0.25) is 14.7 Å². The third-order valence-corrected chi connectivity index (χ3v) is 6.06. The lowest BCUT2D eigenvalue weighted by atomic mass is 10.1. The molecule has 6 heteroatoms. The van der Waals surface area contributed by atoms with Gasteiger partial charge in [0, 0.05) is 35.1 Å². The van der Waals surface area contributed by atoms with Crippen LogP contribution in [0, 0.1) is 11.8 Å². The number of pyridine rings is 2. The third-order valence-electron chi connectivity index (χ3n) is 4.67.